The number of aromatic nitrogens is 4. The second-order valence-corrected chi connectivity index (χ2v) is 10.5. The van der Waals surface area contributed by atoms with Gasteiger partial charge in [-0.05, 0) is 53.6 Å². The molecule has 216 valence electrons. The standard InChI is InChI=1S/C36H35N5O2/c1-27(37-22-13-23-42)33-24-38-35(32-21-12-11-20-31(32)33)43-25-34-39-26-41(40-34)36(28-14-5-2-6-15-28,29-16-7-3-8-17-29)30-18-9-4-10-19-30/h2-12,14-21,24,26-27,37,42H,13,22-23,25H2,1H3. The highest BCUT2D eigenvalue weighted by molar-refractivity contribution is 5.89. The van der Waals surface area contributed by atoms with Crippen LogP contribution in [0.5, 0.6) is 5.88 Å². The van der Waals surface area contributed by atoms with Gasteiger partial charge in [-0.15, -0.1) is 0 Å². The van der Waals surface area contributed by atoms with Gasteiger partial charge < -0.3 is 15.2 Å². The number of benzene rings is 4. The fourth-order valence-electron chi connectivity index (χ4n) is 5.75. The molecule has 7 heteroatoms. The fourth-order valence-corrected chi connectivity index (χ4v) is 5.75. The molecular weight excluding hydrogens is 534 g/mol. The number of pyridine rings is 1. The first-order valence-electron chi connectivity index (χ1n) is 14.6. The van der Waals surface area contributed by atoms with Crippen LogP contribution in [-0.2, 0) is 12.1 Å². The zero-order valence-corrected chi connectivity index (χ0v) is 24.2. The van der Waals surface area contributed by atoms with Crippen molar-refractivity contribution in [1.29, 1.82) is 0 Å². The molecule has 6 rings (SSSR count). The molecule has 0 bridgehead atoms. The molecule has 0 aliphatic carbocycles. The van der Waals surface area contributed by atoms with Crippen LogP contribution in [0.2, 0.25) is 0 Å². The van der Waals surface area contributed by atoms with Crippen molar-refractivity contribution in [1.82, 2.24) is 25.1 Å². The highest BCUT2D eigenvalue weighted by Gasteiger charge is 2.39. The summed E-state index contributed by atoms with van der Waals surface area (Å²) in [5.41, 5.74) is 3.58. The van der Waals surface area contributed by atoms with E-state index in [0.717, 1.165) is 39.6 Å². The number of nitrogens with one attached hydrogen (secondary N) is 1. The molecule has 1 unspecified atom stereocenters. The van der Waals surface area contributed by atoms with Crippen LogP contribution in [0.25, 0.3) is 10.8 Å². The van der Waals surface area contributed by atoms with Gasteiger partial charge in [0.05, 0.1) is 0 Å². The quantitative estimate of drug-likeness (QED) is 0.133. The van der Waals surface area contributed by atoms with Crippen LogP contribution in [-0.4, -0.2) is 38.0 Å². The maximum atomic E-state index is 9.15. The monoisotopic (exact) mass is 569 g/mol. The molecular formula is C36H35N5O2. The Morgan fingerprint density at radius 1 is 0.767 bits per heavy atom. The van der Waals surface area contributed by atoms with Crippen LogP contribution < -0.4 is 10.1 Å². The summed E-state index contributed by atoms with van der Waals surface area (Å²) in [5.74, 6) is 1.10. The first kappa shape index (κ1) is 28.3. The van der Waals surface area contributed by atoms with E-state index in [0.29, 0.717) is 18.1 Å². The van der Waals surface area contributed by atoms with Gasteiger partial charge in [0.2, 0.25) is 5.88 Å². The number of ether oxygens (including phenoxy) is 1. The maximum Gasteiger partial charge on any atom is 0.221 e. The van der Waals surface area contributed by atoms with Crippen LogP contribution in [0.15, 0.2) is 128 Å². The third kappa shape index (κ3) is 5.65. The summed E-state index contributed by atoms with van der Waals surface area (Å²) in [6, 6.07) is 39.4. The van der Waals surface area contributed by atoms with E-state index < -0.39 is 5.54 Å². The number of hydrogen-bond acceptors (Lipinski definition) is 6. The topological polar surface area (TPSA) is 85.1 Å². The van der Waals surface area contributed by atoms with Gasteiger partial charge in [-0.25, -0.2) is 14.6 Å². The Hall–Kier alpha value is -4.85. The summed E-state index contributed by atoms with van der Waals surface area (Å²) in [4.78, 5) is 9.41. The van der Waals surface area contributed by atoms with Gasteiger partial charge in [0.25, 0.3) is 0 Å². The van der Waals surface area contributed by atoms with Crippen molar-refractivity contribution in [2.24, 2.45) is 0 Å². The van der Waals surface area contributed by atoms with Crippen molar-refractivity contribution >= 4 is 10.8 Å². The van der Waals surface area contributed by atoms with Crippen molar-refractivity contribution in [3.05, 3.63) is 156 Å². The molecule has 2 N–H and O–H groups in total. The number of aliphatic hydroxyl groups excluding tert-OH is 1. The molecule has 43 heavy (non-hydrogen) atoms. The first-order chi connectivity index (χ1) is 21.2. The summed E-state index contributed by atoms with van der Waals surface area (Å²) in [5, 5.41) is 19.6. The Labute approximate surface area is 251 Å². The smallest absolute Gasteiger partial charge is 0.221 e. The lowest BCUT2D eigenvalue weighted by Crippen LogP contribution is -2.38. The Balaban J connectivity index is 1.35. The second kappa shape index (κ2) is 13.0. The lowest BCUT2D eigenvalue weighted by molar-refractivity contribution is 0.283. The molecule has 0 radical (unpaired) electrons. The van der Waals surface area contributed by atoms with Gasteiger partial charge in [0.1, 0.15) is 11.9 Å². The first-order valence-corrected chi connectivity index (χ1v) is 14.6. The minimum atomic E-state index is -0.735. The van der Waals surface area contributed by atoms with Crippen molar-refractivity contribution < 1.29 is 9.84 Å². The van der Waals surface area contributed by atoms with Crippen LogP contribution in [0.4, 0.5) is 0 Å². The van der Waals surface area contributed by atoms with E-state index in [1.54, 1.807) is 6.33 Å². The van der Waals surface area contributed by atoms with E-state index in [4.69, 9.17) is 24.9 Å². The van der Waals surface area contributed by atoms with Crippen molar-refractivity contribution in [2.75, 3.05) is 13.2 Å². The Kier molecular flexibility index (Phi) is 8.54. The normalized spacial score (nSPS) is 12.3. The van der Waals surface area contributed by atoms with Crippen molar-refractivity contribution in [3.63, 3.8) is 0 Å². The van der Waals surface area contributed by atoms with E-state index in [1.165, 1.54) is 0 Å². The van der Waals surface area contributed by atoms with Crippen LogP contribution in [0, 0.1) is 0 Å². The SMILES string of the molecule is CC(NCCCO)c1cnc(OCc2ncn(C(c3ccccc3)(c3ccccc3)c3ccccc3)n2)c2ccccc12. The summed E-state index contributed by atoms with van der Waals surface area (Å²) in [7, 11) is 0. The van der Waals surface area contributed by atoms with Crippen LogP contribution >= 0.6 is 0 Å². The summed E-state index contributed by atoms with van der Waals surface area (Å²) < 4.78 is 8.22. The molecule has 7 nitrogen and oxygen atoms in total. The van der Waals surface area contributed by atoms with E-state index >= 15 is 0 Å². The Morgan fingerprint density at radius 3 is 1.91 bits per heavy atom. The largest absolute Gasteiger partial charge is 0.469 e. The fraction of sp³-hybridized carbons (Fsp3) is 0.194. The molecule has 0 saturated carbocycles. The van der Waals surface area contributed by atoms with Gasteiger partial charge in [0.15, 0.2) is 12.4 Å². The predicted octanol–water partition coefficient (Wildman–Crippen LogP) is 6.28. The molecule has 0 spiro atoms. The molecule has 2 heterocycles. The van der Waals surface area contributed by atoms with Gasteiger partial charge in [-0.1, -0.05) is 109 Å². The summed E-state index contributed by atoms with van der Waals surface area (Å²) >= 11 is 0. The molecule has 0 amide bonds. The van der Waals surface area contributed by atoms with E-state index in [2.05, 4.69) is 91.1 Å². The van der Waals surface area contributed by atoms with Gasteiger partial charge in [-0.3, -0.25) is 0 Å². The number of rotatable bonds is 12. The lowest BCUT2D eigenvalue weighted by Gasteiger charge is -2.35. The van der Waals surface area contributed by atoms with E-state index in [9.17, 15) is 0 Å². The summed E-state index contributed by atoms with van der Waals surface area (Å²) in [6.07, 6.45) is 4.36. The van der Waals surface area contributed by atoms with Gasteiger partial charge in [0, 0.05) is 24.2 Å². The van der Waals surface area contributed by atoms with Gasteiger partial charge in [-0.2, -0.15) is 5.10 Å². The molecule has 2 aromatic heterocycles. The molecule has 0 aliphatic rings. The highest BCUT2D eigenvalue weighted by Crippen LogP contribution is 2.40. The average Bonchev–Trinajstić information content (AvgIpc) is 3.55. The van der Waals surface area contributed by atoms with Gasteiger partial charge >= 0.3 is 0 Å². The van der Waals surface area contributed by atoms with Crippen LogP contribution in [0.1, 0.15) is 47.5 Å². The van der Waals surface area contributed by atoms with Crippen LogP contribution in [0.3, 0.4) is 0 Å². The van der Waals surface area contributed by atoms with Crippen molar-refractivity contribution in [3.8, 4) is 5.88 Å². The number of hydrogen-bond donors (Lipinski definition) is 2. The second-order valence-electron chi connectivity index (χ2n) is 10.5. The Bertz CT molecular complexity index is 1660. The number of nitrogens with zero attached hydrogens (tertiary/aromatic N) is 4. The molecule has 0 aliphatic heterocycles. The third-order valence-electron chi connectivity index (χ3n) is 7.84. The van der Waals surface area contributed by atoms with Crippen molar-refractivity contribution in [2.45, 2.75) is 31.5 Å². The number of fused-ring (bicyclic) bond motifs is 1. The number of aliphatic hydroxyl groups is 1. The highest BCUT2D eigenvalue weighted by atomic mass is 16.5. The molecule has 0 fully saturated rings. The predicted molar refractivity (Wildman–Crippen MR) is 169 cm³/mol. The molecule has 1 atom stereocenters. The minimum Gasteiger partial charge on any atom is -0.469 e. The maximum absolute atomic E-state index is 9.15. The molecule has 6 aromatic rings. The zero-order chi connectivity index (χ0) is 29.5. The van der Waals surface area contributed by atoms with E-state index in [1.807, 2.05) is 47.3 Å². The lowest BCUT2D eigenvalue weighted by atomic mass is 9.77. The minimum absolute atomic E-state index is 0.0810. The zero-order valence-electron chi connectivity index (χ0n) is 24.2. The van der Waals surface area contributed by atoms with E-state index in [-0.39, 0.29) is 19.3 Å². The average molecular weight is 570 g/mol. The third-order valence-corrected chi connectivity index (χ3v) is 7.84. The molecule has 0 saturated heterocycles. The molecule has 4 aromatic carbocycles. The summed E-state index contributed by atoms with van der Waals surface area (Å²) in [6.45, 7) is 3.17. The Morgan fingerprint density at radius 2 is 1.33 bits per heavy atom.